The Bertz CT molecular complexity index is 915. The Labute approximate surface area is 137 Å². The quantitative estimate of drug-likeness (QED) is 0.703. The number of hydrogen-bond donors (Lipinski definition) is 1. The molecule has 3 rings (SSSR count). The number of thiophene rings is 1. The van der Waals surface area contributed by atoms with Crippen molar-refractivity contribution in [3.8, 4) is 0 Å². The van der Waals surface area contributed by atoms with Crippen molar-refractivity contribution in [2.24, 2.45) is 0 Å². The first-order valence-corrected chi connectivity index (χ1v) is 8.34. The van der Waals surface area contributed by atoms with Gasteiger partial charge < -0.3 is 4.98 Å². The molecule has 0 spiro atoms. The molecule has 3 aromatic rings. The second kappa shape index (κ2) is 6.01. The molecule has 0 saturated heterocycles. The monoisotopic (exact) mass is 356 g/mol. The number of halogens is 3. The smallest absolute Gasteiger partial charge is 0.310 e. The number of benzene rings is 1. The Balaban J connectivity index is 1.98. The van der Waals surface area contributed by atoms with E-state index in [0.29, 0.717) is 21.6 Å². The molecule has 0 amide bonds. The van der Waals surface area contributed by atoms with Crippen molar-refractivity contribution < 1.29 is 13.2 Å². The topological polar surface area (TPSA) is 45.8 Å². The predicted molar refractivity (Wildman–Crippen MR) is 86.1 cm³/mol. The Morgan fingerprint density at radius 3 is 2.78 bits per heavy atom. The molecule has 0 fully saturated rings. The van der Waals surface area contributed by atoms with Crippen LogP contribution in [-0.2, 0) is 6.42 Å². The van der Waals surface area contributed by atoms with Crippen LogP contribution in [0.15, 0.2) is 39.3 Å². The van der Waals surface area contributed by atoms with E-state index in [2.05, 4.69) is 9.97 Å². The summed E-state index contributed by atoms with van der Waals surface area (Å²) in [5.74, 6) is 0.361. The summed E-state index contributed by atoms with van der Waals surface area (Å²) in [5, 5.41) is 2.38. The maximum Gasteiger partial charge on any atom is 0.446 e. The standard InChI is InChI=1S/C15H11F3N2OS2/c1-8-7-22-14-12(8)13(21)19-11(20-14)6-9-4-2-3-5-10(9)23-15(16,17)18/h2-5,7H,6H2,1H3,(H,19,20,21). The van der Waals surface area contributed by atoms with Crippen molar-refractivity contribution in [3.63, 3.8) is 0 Å². The van der Waals surface area contributed by atoms with Gasteiger partial charge in [-0.1, -0.05) is 18.2 Å². The van der Waals surface area contributed by atoms with Crippen LogP contribution in [0.5, 0.6) is 0 Å². The van der Waals surface area contributed by atoms with Gasteiger partial charge in [-0.15, -0.1) is 11.3 Å². The van der Waals surface area contributed by atoms with Crippen LogP contribution in [0.1, 0.15) is 17.0 Å². The van der Waals surface area contributed by atoms with Gasteiger partial charge in [0, 0.05) is 11.3 Å². The van der Waals surface area contributed by atoms with Gasteiger partial charge in [-0.3, -0.25) is 4.79 Å². The van der Waals surface area contributed by atoms with E-state index >= 15 is 0 Å². The van der Waals surface area contributed by atoms with Gasteiger partial charge >= 0.3 is 5.51 Å². The molecule has 0 aliphatic carbocycles. The molecule has 23 heavy (non-hydrogen) atoms. The molecule has 2 heterocycles. The molecule has 0 radical (unpaired) electrons. The van der Waals surface area contributed by atoms with Crippen LogP contribution in [0, 0.1) is 6.92 Å². The molecule has 3 nitrogen and oxygen atoms in total. The molecule has 1 N–H and O–H groups in total. The van der Waals surface area contributed by atoms with Gasteiger partial charge in [0.15, 0.2) is 0 Å². The fourth-order valence-corrected chi connectivity index (χ4v) is 3.88. The summed E-state index contributed by atoms with van der Waals surface area (Å²) < 4.78 is 37.9. The Hall–Kier alpha value is -1.80. The van der Waals surface area contributed by atoms with Crippen molar-refractivity contribution >= 4 is 33.3 Å². The largest absolute Gasteiger partial charge is 0.446 e. The van der Waals surface area contributed by atoms with Gasteiger partial charge in [-0.2, -0.15) is 13.2 Å². The van der Waals surface area contributed by atoms with Gasteiger partial charge in [-0.25, -0.2) is 4.98 Å². The van der Waals surface area contributed by atoms with Crippen LogP contribution in [0.2, 0.25) is 0 Å². The number of rotatable bonds is 3. The normalized spacial score (nSPS) is 12.0. The van der Waals surface area contributed by atoms with Gasteiger partial charge in [0.25, 0.3) is 5.56 Å². The van der Waals surface area contributed by atoms with Crippen molar-refractivity contribution in [1.82, 2.24) is 9.97 Å². The average molecular weight is 356 g/mol. The number of nitrogens with one attached hydrogen (secondary N) is 1. The third kappa shape index (κ3) is 3.59. The molecule has 120 valence electrons. The van der Waals surface area contributed by atoms with Gasteiger partial charge in [0.1, 0.15) is 10.7 Å². The minimum Gasteiger partial charge on any atom is -0.310 e. The number of nitrogens with zero attached hydrogens (tertiary/aromatic N) is 1. The van der Waals surface area contributed by atoms with Crippen LogP contribution in [0.25, 0.3) is 10.2 Å². The molecule has 0 aliphatic rings. The average Bonchev–Trinajstić information content (AvgIpc) is 2.81. The van der Waals surface area contributed by atoms with E-state index in [-0.39, 0.29) is 28.6 Å². The Kier molecular flexibility index (Phi) is 4.20. The van der Waals surface area contributed by atoms with Crippen LogP contribution in [-0.4, -0.2) is 15.5 Å². The number of aromatic amines is 1. The summed E-state index contributed by atoms with van der Waals surface area (Å²) in [7, 11) is 0. The fraction of sp³-hybridized carbons (Fsp3) is 0.200. The molecular weight excluding hydrogens is 345 g/mol. The lowest BCUT2D eigenvalue weighted by atomic mass is 10.1. The van der Waals surface area contributed by atoms with E-state index in [1.54, 1.807) is 18.2 Å². The fourth-order valence-electron chi connectivity index (χ4n) is 2.27. The minimum absolute atomic E-state index is 0.116. The highest BCUT2D eigenvalue weighted by Crippen LogP contribution is 2.38. The van der Waals surface area contributed by atoms with E-state index in [4.69, 9.17) is 0 Å². The highest BCUT2D eigenvalue weighted by molar-refractivity contribution is 8.00. The van der Waals surface area contributed by atoms with Gasteiger partial charge in [-0.05, 0) is 41.3 Å². The number of H-pyrrole nitrogens is 1. The summed E-state index contributed by atoms with van der Waals surface area (Å²) in [4.78, 5) is 19.9. The highest BCUT2D eigenvalue weighted by atomic mass is 32.2. The highest BCUT2D eigenvalue weighted by Gasteiger charge is 2.30. The zero-order valence-corrected chi connectivity index (χ0v) is 13.5. The second-order valence-electron chi connectivity index (χ2n) is 4.94. The number of alkyl halides is 3. The summed E-state index contributed by atoms with van der Waals surface area (Å²) in [6.45, 7) is 1.82. The van der Waals surface area contributed by atoms with Crippen molar-refractivity contribution in [1.29, 1.82) is 0 Å². The first-order chi connectivity index (χ1) is 10.8. The summed E-state index contributed by atoms with van der Waals surface area (Å²) in [5.41, 5.74) is -3.29. The lowest BCUT2D eigenvalue weighted by Gasteiger charge is -2.10. The van der Waals surface area contributed by atoms with Crippen LogP contribution >= 0.6 is 23.1 Å². The van der Waals surface area contributed by atoms with Crippen molar-refractivity contribution in [3.05, 3.63) is 57.0 Å². The van der Waals surface area contributed by atoms with Gasteiger partial charge in [0.05, 0.1) is 5.39 Å². The molecule has 8 heteroatoms. The maximum atomic E-state index is 12.6. The Morgan fingerprint density at radius 1 is 1.30 bits per heavy atom. The van der Waals surface area contributed by atoms with Gasteiger partial charge in [0.2, 0.25) is 0 Å². The first kappa shape index (κ1) is 16.1. The maximum absolute atomic E-state index is 12.6. The van der Waals surface area contributed by atoms with Crippen LogP contribution in [0.4, 0.5) is 13.2 Å². The zero-order chi connectivity index (χ0) is 16.6. The third-order valence-corrected chi connectivity index (χ3v) is 5.07. The SMILES string of the molecule is Cc1csc2nc(Cc3ccccc3SC(F)(F)F)[nH]c(=O)c12. The van der Waals surface area contributed by atoms with E-state index in [1.165, 1.54) is 17.4 Å². The molecule has 0 aliphatic heterocycles. The third-order valence-electron chi connectivity index (χ3n) is 3.23. The molecule has 2 aromatic heterocycles. The van der Waals surface area contributed by atoms with E-state index < -0.39 is 5.51 Å². The van der Waals surface area contributed by atoms with Crippen LogP contribution in [0.3, 0.4) is 0 Å². The van der Waals surface area contributed by atoms with E-state index in [1.807, 2.05) is 12.3 Å². The molecular formula is C15H11F3N2OS2. The molecule has 0 atom stereocenters. The predicted octanol–water partition coefficient (Wildman–Crippen LogP) is 4.50. The van der Waals surface area contributed by atoms with E-state index in [0.717, 1.165) is 5.56 Å². The first-order valence-electron chi connectivity index (χ1n) is 6.64. The molecule has 0 saturated carbocycles. The number of aryl methyl sites for hydroxylation is 1. The summed E-state index contributed by atoms with van der Waals surface area (Å²) >= 11 is 1.19. The molecule has 0 unspecified atom stereocenters. The number of aromatic nitrogens is 2. The van der Waals surface area contributed by atoms with Crippen LogP contribution < -0.4 is 5.56 Å². The Morgan fingerprint density at radius 2 is 2.04 bits per heavy atom. The number of thioether (sulfide) groups is 1. The molecule has 0 bridgehead atoms. The summed E-state index contributed by atoms with van der Waals surface area (Å²) in [6, 6.07) is 6.25. The molecule has 1 aromatic carbocycles. The number of hydrogen-bond acceptors (Lipinski definition) is 4. The van der Waals surface area contributed by atoms with Crippen molar-refractivity contribution in [2.45, 2.75) is 23.7 Å². The van der Waals surface area contributed by atoms with Crippen molar-refractivity contribution in [2.75, 3.05) is 0 Å². The number of fused-ring (bicyclic) bond motifs is 1. The second-order valence-corrected chi connectivity index (χ2v) is 6.91. The minimum atomic E-state index is -4.36. The lowest BCUT2D eigenvalue weighted by molar-refractivity contribution is -0.0328. The summed E-state index contributed by atoms with van der Waals surface area (Å²) in [6.07, 6.45) is 0.140. The lowest BCUT2D eigenvalue weighted by Crippen LogP contribution is -2.12. The zero-order valence-electron chi connectivity index (χ0n) is 11.9. The van der Waals surface area contributed by atoms with E-state index in [9.17, 15) is 18.0 Å².